The lowest BCUT2D eigenvalue weighted by Crippen LogP contribution is -2.47. The molecule has 9 nitrogen and oxygen atoms in total. The Bertz CT molecular complexity index is 946. The first kappa shape index (κ1) is 16.9. The monoisotopic (exact) mass is 356 g/mol. The molecule has 0 aliphatic carbocycles. The predicted molar refractivity (Wildman–Crippen MR) is 96.8 cm³/mol. The molecule has 26 heavy (non-hydrogen) atoms. The molecule has 3 aromatic rings. The molecule has 0 aromatic carbocycles. The Morgan fingerprint density at radius 2 is 2.08 bits per heavy atom. The summed E-state index contributed by atoms with van der Waals surface area (Å²) in [5, 5.41) is 24.9. The Balaban J connectivity index is 1.70. The third-order valence-electron chi connectivity index (χ3n) is 4.97. The van der Waals surface area contributed by atoms with Crippen molar-refractivity contribution in [3.63, 3.8) is 0 Å². The van der Waals surface area contributed by atoms with Crippen molar-refractivity contribution in [3.8, 4) is 0 Å². The maximum atomic E-state index is 11.3. The van der Waals surface area contributed by atoms with E-state index in [2.05, 4.69) is 30.3 Å². The van der Waals surface area contributed by atoms with E-state index in [0.29, 0.717) is 24.5 Å². The van der Waals surface area contributed by atoms with Crippen LogP contribution in [0.25, 0.3) is 11.0 Å². The van der Waals surface area contributed by atoms with Crippen molar-refractivity contribution in [1.82, 2.24) is 34.7 Å². The summed E-state index contributed by atoms with van der Waals surface area (Å²) in [6.45, 7) is 7.20. The SMILES string of the molecule is Cc1nc(N2CCC[C@@](O)(c3cn(C(C)C)nn3)C2)c2cnn(C)c2n1. The summed E-state index contributed by atoms with van der Waals surface area (Å²) in [5.41, 5.74) is 0.371. The number of hydrogen-bond acceptors (Lipinski definition) is 7. The first-order valence-corrected chi connectivity index (χ1v) is 8.93. The Kier molecular flexibility index (Phi) is 3.91. The molecule has 4 rings (SSSR count). The molecule has 0 bridgehead atoms. The van der Waals surface area contributed by atoms with E-state index in [1.165, 1.54) is 0 Å². The number of anilines is 1. The number of aromatic nitrogens is 7. The normalized spacial score (nSPS) is 21.1. The molecule has 1 atom stereocenters. The van der Waals surface area contributed by atoms with Gasteiger partial charge in [0.1, 0.15) is 22.9 Å². The molecular weight excluding hydrogens is 332 g/mol. The lowest BCUT2D eigenvalue weighted by Gasteiger charge is -2.38. The molecule has 0 radical (unpaired) electrons. The zero-order valence-electron chi connectivity index (χ0n) is 15.6. The van der Waals surface area contributed by atoms with Crippen LogP contribution in [0.15, 0.2) is 12.4 Å². The molecule has 1 saturated heterocycles. The van der Waals surface area contributed by atoms with Crippen LogP contribution >= 0.6 is 0 Å². The highest BCUT2D eigenvalue weighted by atomic mass is 16.3. The minimum atomic E-state index is -1.04. The minimum Gasteiger partial charge on any atom is -0.382 e. The molecular formula is C17H24N8O. The summed E-state index contributed by atoms with van der Waals surface area (Å²) in [7, 11) is 1.87. The summed E-state index contributed by atoms with van der Waals surface area (Å²) in [4.78, 5) is 11.2. The lowest BCUT2D eigenvalue weighted by atomic mass is 9.90. The number of rotatable bonds is 3. The van der Waals surface area contributed by atoms with Gasteiger partial charge in [0.15, 0.2) is 5.65 Å². The van der Waals surface area contributed by atoms with Crippen LogP contribution in [0.5, 0.6) is 0 Å². The molecule has 9 heteroatoms. The number of nitrogens with zero attached hydrogens (tertiary/aromatic N) is 8. The van der Waals surface area contributed by atoms with Gasteiger partial charge in [-0.3, -0.25) is 4.68 Å². The summed E-state index contributed by atoms with van der Waals surface area (Å²) in [5.74, 6) is 1.51. The first-order valence-electron chi connectivity index (χ1n) is 8.93. The van der Waals surface area contributed by atoms with Crippen LogP contribution in [0.3, 0.4) is 0 Å². The second-order valence-corrected chi connectivity index (χ2v) is 7.33. The van der Waals surface area contributed by atoms with Crippen molar-refractivity contribution in [3.05, 3.63) is 23.9 Å². The molecule has 3 aromatic heterocycles. The van der Waals surface area contributed by atoms with Crippen molar-refractivity contribution in [2.24, 2.45) is 7.05 Å². The molecule has 1 aliphatic rings. The minimum absolute atomic E-state index is 0.207. The van der Waals surface area contributed by atoms with E-state index in [0.717, 1.165) is 29.8 Å². The van der Waals surface area contributed by atoms with Gasteiger partial charge in [-0.2, -0.15) is 5.10 Å². The van der Waals surface area contributed by atoms with Crippen molar-refractivity contribution >= 4 is 16.9 Å². The molecule has 1 aliphatic heterocycles. The zero-order chi connectivity index (χ0) is 18.5. The van der Waals surface area contributed by atoms with Gasteiger partial charge in [-0.1, -0.05) is 5.21 Å². The average Bonchev–Trinajstić information content (AvgIpc) is 3.23. The van der Waals surface area contributed by atoms with Crippen LogP contribution < -0.4 is 4.90 Å². The maximum absolute atomic E-state index is 11.3. The Morgan fingerprint density at radius 3 is 2.81 bits per heavy atom. The van der Waals surface area contributed by atoms with Crippen LogP contribution in [0.1, 0.15) is 44.2 Å². The van der Waals surface area contributed by atoms with E-state index in [4.69, 9.17) is 0 Å². The Hall–Kier alpha value is -2.55. The maximum Gasteiger partial charge on any atom is 0.163 e. The topological polar surface area (TPSA) is 97.8 Å². The molecule has 1 N–H and O–H groups in total. The van der Waals surface area contributed by atoms with Crippen molar-refractivity contribution in [1.29, 1.82) is 0 Å². The van der Waals surface area contributed by atoms with Crippen molar-refractivity contribution in [2.75, 3.05) is 18.0 Å². The highest BCUT2D eigenvalue weighted by Crippen LogP contribution is 2.34. The van der Waals surface area contributed by atoms with Gasteiger partial charge in [0.05, 0.1) is 24.3 Å². The Labute approximate surface area is 151 Å². The van der Waals surface area contributed by atoms with Crippen molar-refractivity contribution in [2.45, 2.75) is 45.3 Å². The van der Waals surface area contributed by atoms with Crippen LogP contribution in [0.2, 0.25) is 0 Å². The highest BCUT2D eigenvalue weighted by molar-refractivity contribution is 5.87. The van der Waals surface area contributed by atoms with E-state index < -0.39 is 5.60 Å². The summed E-state index contributed by atoms with van der Waals surface area (Å²) >= 11 is 0. The highest BCUT2D eigenvalue weighted by Gasteiger charge is 2.38. The Morgan fingerprint density at radius 1 is 1.27 bits per heavy atom. The standard InChI is InChI=1S/C17H24N8O/c1-11(2)25-9-14(21-22-25)17(26)6-5-7-24(10-17)16-13-8-18-23(4)15(13)19-12(3)20-16/h8-9,11,26H,5-7,10H2,1-4H3/t17-/m0/s1. The molecule has 0 saturated carbocycles. The fourth-order valence-electron chi connectivity index (χ4n) is 3.52. The molecule has 0 unspecified atom stereocenters. The van der Waals surface area contributed by atoms with E-state index in [-0.39, 0.29) is 6.04 Å². The number of β-amino-alcohol motifs (C(OH)–C–C–N with tert-alkyl or cyclic N) is 1. The smallest absolute Gasteiger partial charge is 0.163 e. The molecule has 0 amide bonds. The molecule has 138 valence electrons. The van der Waals surface area contributed by atoms with Gasteiger partial charge in [0.25, 0.3) is 0 Å². The predicted octanol–water partition coefficient (Wildman–Crippen LogP) is 1.33. The number of fused-ring (bicyclic) bond motifs is 1. The third kappa shape index (κ3) is 2.72. The first-order chi connectivity index (χ1) is 12.4. The number of aliphatic hydroxyl groups is 1. The molecule has 0 spiro atoms. The van der Waals surface area contributed by atoms with E-state index in [1.54, 1.807) is 15.6 Å². The van der Waals surface area contributed by atoms with Gasteiger partial charge in [-0.25, -0.2) is 14.6 Å². The zero-order valence-corrected chi connectivity index (χ0v) is 15.6. The van der Waals surface area contributed by atoms with E-state index >= 15 is 0 Å². The second-order valence-electron chi connectivity index (χ2n) is 7.33. The van der Waals surface area contributed by atoms with Crippen LogP contribution in [0.4, 0.5) is 5.82 Å². The molecule has 4 heterocycles. The van der Waals surface area contributed by atoms with Gasteiger partial charge in [0, 0.05) is 19.6 Å². The lowest BCUT2D eigenvalue weighted by molar-refractivity contribution is 0.0175. The van der Waals surface area contributed by atoms with Gasteiger partial charge in [-0.15, -0.1) is 5.10 Å². The van der Waals surface area contributed by atoms with E-state index in [9.17, 15) is 5.11 Å². The van der Waals surface area contributed by atoms with Crippen molar-refractivity contribution < 1.29 is 5.11 Å². The fourth-order valence-corrected chi connectivity index (χ4v) is 3.52. The largest absolute Gasteiger partial charge is 0.382 e. The van der Waals surface area contributed by atoms with Gasteiger partial charge in [0.2, 0.25) is 0 Å². The summed E-state index contributed by atoms with van der Waals surface area (Å²) < 4.78 is 3.53. The van der Waals surface area contributed by atoms with Crippen LogP contribution in [0, 0.1) is 6.92 Å². The summed E-state index contributed by atoms with van der Waals surface area (Å²) in [6, 6.07) is 0.207. The number of aryl methyl sites for hydroxylation is 2. The average molecular weight is 356 g/mol. The van der Waals surface area contributed by atoms with Gasteiger partial charge in [-0.05, 0) is 33.6 Å². The van der Waals surface area contributed by atoms with Gasteiger partial charge < -0.3 is 10.0 Å². The van der Waals surface area contributed by atoms with Crippen LogP contribution in [-0.2, 0) is 12.6 Å². The van der Waals surface area contributed by atoms with Gasteiger partial charge >= 0.3 is 0 Å². The fraction of sp³-hybridized carbons (Fsp3) is 0.588. The number of hydrogen-bond donors (Lipinski definition) is 1. The van der Waals surface area contributed by atoms with Crippen LogP contribution in [-0.4, -0.2) is 52.9 Å². The van der Waals surface area contributed by atoms with E-state index in [1.807, 2.05) is 34.0 Å². The third-order valence-corrected chi connectivity index (χ3v) is 4.97. The quantitative estimate of drug-likeness (QED) is 0.756. The molecule has 1 fully saturated rings. The number of piperidine rings is 1. The summed E-state index contributed by atoms with van der Waals surface area (Å²) in [6.07, 6.45) is 5.13. The second kappa shape index (κ2) is 6.01.